The summed E-state index contributed by atoms with van der Waals surface area (Å²) in [6.07, 6.45) is 7.36. The highest BCUT2D eigenvalue weighted by molar-refractivity contribution is 5.48. The van der Waals surface area contributed by atoms with Gasteiger partial charge in [0, 0.05) is 12.7 Å². The van der Waals surface area contributed by atoms with E-state index in [0.717, 1.165) is 18.5 Å². The molecule has 0 aromatic heterocycles. The average Bonchev–Trinajstić information content (AvgIpc) is 3.15. The predicted octanol–water partition coefficient (Wildman–Crippen LogP) is 5.16. The fourth-order valence-electron chi connectivity index (χ4n) is 3.82. The Bertz CT molecular complexity index is 736. The quantitative estimate of drug-likeness (QED) is 0.650. The number of hydrogen-bond donors (Lipinski definition) is 0. The number of hydrogen-bond acceptors (Lipinski definition) is 3. The number of benzene rings is 2. The Morgan fingerprint density at radius 3 is 2.50 bits per heavy atom. The Morgan fingerprint density at radius 1 is 1.12 bits per heavy atom. The molecule has 1 aliphatic carbocycles. The summed E-state index contributed by atoms with van der Waals surface area (Å²) < 4.78 is 5.71. The average molecular weight is 346 g/mol. The van der Waals surface area contributed by atoms with Crippen LogP contribution in [0.25, 0.3) is 0 Å². The molecular formula is C23H26N2O. The fourth-order valence-corrected chi connectivity index (χ4v) is 3.82. The van der Waals surface area contributed by atoms with Crippen LogP contribution in [0.1, 0.15) is 24.8 Å². The van der Waals surface area contributed by atoms with Gasteiger partial charge in [-0.3, -0.25) is 0 Å². The molecule has 0 radical (unpaired) electrons. The van der Waals surface area contributed by atoms with Crippen LogP contribution in [0, 0.1) is 23.2 Å². The van der Waals surface area contributed by atoms with Crippen molar-refractivity contribution in [3.05, 3.63) is 78.6 Å². The Kier molecular flexibility index (Phi) is 6.33. The highest BCUT2D eigenvalue weighted by Gasteiger charge is 2.34. The third-order valence-corrected chi connectivity index (χ3v) is 5.26. The zero-order valence-corrected chi connectivity index (χ0v) is 15.3. The maximum Gasteiger partial charge on any atom is 0.120 e. The van der Waals surface area contributed by atoms with Gasteiger partial charge in [-0.15, -0.1) is 0 Å². The van der Waals surface area contributed by atoms with Gasteiger partial charge in [-0.25, -0.2) is 0 Å². The van der Waals surface area contributed by atoms with Crippen LogP contribution < -0.4 is 4.90 Å². The normalized spacial score (nSPS) is 20.6. The van der Waals surface area contributed by atoms with E-state index in [0.29, 0.717) is 18.4 Å². The number of nitriles is 1. The zero-order chi connectivity index (χ0) is 18.2. The zero-order valence-electron chi connectivity index (χ0n) is 15.3. The number of nitrogens with zero attached hydrogens (tertiary/aromatic N) is 2. The topological polar surface area (TPSA) is 36.3 Å². The van der Waals surface area contributed by atoms with Gasteiger partial charge in [0.1, 0.15) is 12.6 Å². The van der Waals surface area contributed by atoms with Crippen LogP contribution in [0.5, 0.6) is 0 Å². The van der Waals surface area contributed by atoms with Gasteiger partial charge in [-0.1, -0.05) is 55.0 Å². The van der Waals surface area contributed by atoms with E-state index >= 15 is 0 Å². The van der Waals surface area contributed by atoms with E-state index in [9.17, 15) is 5.26 Å². The molecule has 26 heavy (non-hydrogen) atoms. The van der Waals surface area contributed by atoms with Crippen molar-refractivity contribution in [2.45, 2.75) is 31.9 Å². The summed E-state index contributed by atoms with van der Waals surface area (Å²) in [6, 6.07) is 22.8. The Labute approximate surface area is 156 Å². The molecular weight excluding hydrogens is 320 g/mol. The van der Waals surface area contributed by atoms with E-state index in [2.05, 4.69) is 41.3 Å². The molecule has 1 saturated carbocycles. The van der Waals surface area contributed by atoms with Gasteiger partial charge in [0.05, 0.1) is 12.3 Å². The van der Waals surface area contributed by atoms with Gasteiger partial charge in [0.25, 0.3) is 0 Å². The Hall–Kier alpha value is -2.73. The van der Waals surface area contributed by atoms with Gasteiger partial charge in [0.15, 0.2) is 0 Å². The molecule has 0 heterocycles. The van der Waals surface area contributed by atoms with Gasteiger partial charge >= 0.3 is 0 Å². The predicted molar refractivity (Wildman–Crippen MR) is 105 cm³/mol. The second kappa shape index (κ2) is 9.10. The molecule has 3 atom stereocenters. The largest absolute Gasteiger partial charge is 0.497 e. The molecule has 1 aliphatic rings. The van der Waals surface area contributed by atoms with Crippen LogP contribution in [-0.2, 0) is 11.3 Å². The van der Waals surface area contributed by atoms with E-state index in [1.54, 1.807) is 0 Å². The van der Waals surface area contributed by atoms with Crippen LogP contribution >= 0.6 is 0 Å². The molecule has 0 unspecified atom stereocenters. The molecule has 1 fully saturated rings. The van der Waals surface area contributed by atoms with Crippen molar-refractivity contribution in [2.24, 2.45) is 11.8 Å². The van der Waals surface area contributed by atoms with Crippen molar-refractivity contribution in [3.63, 3.8) is 0 Å². The first kappa shape index (κ1) is 18.1. The highest BCUT2D eigenvalue weighted by atomic mass is 16.5. The number of allylic oxidation sites excluding steroid dienone is 1. The maximum absolute atomic E-state index is 9.81. The second-order valence-corrected chi connectivity index (χ2v) is 6.90. The van der Waals surface area contributed by atoms with Crippen LogP contribution in [0.4, 0.5) is 5.69 Å². The number of para-hydroxylation sites is 1. The third kappa shape index (κ3) is 4.46. The monoisotopic (exact) mass is 346 g/mol. The summed E-state index contributed by atoms with van der Waals surface area (Å²) in [5, 5.41) is 9.81. The lowest BCUT2D eigenvalue weighted by atomic mass is 9.88. The number of anilines is 1. The van der Waals surface area contributed by atoms with E-state index in [1.807, 2.05) is 49.7 Å². The molecule has 3 heteroatoms. The molecule has 134 valence electrons. The van der Waals surface area contributed by atoms with E-state index in [1.165, 1.54) is 12.0 Å². The molecule has 0 amide bonds. The van der Waals surface area contributed by atoms with Crippen LogP contribution in [0.2, 0.25) is 0 Å². The fraction of sp³-hybridized carbons (Fsp3) is 0.348. The van der Waals surface area contributed by atoms with Gasteiger partial charge in [0.2, 0.25) is 0 Å². The van der Waals surface area contributed by atoms with Crippen molar-refractivity contribution < 1.29 is 4.74 Å². The lowest BCUT2D eigenvalue weighted by Crippen LogP contribution is -2.38. The van der Waals surface area contributed by atoms with Crippen LogP contribution in [0.3, 0.4) is 0 Å². The minimum absolute atomic E-state index is 0.122. The lowest BCUT2D eigenvalue weighted by molar-refractivity contribution is 0.232. The summed E-state index contributed by atoms with van der Waals surface area (Å²) in [6.45, 7) is 0.584. The van der Waals surface area contributed by atoms with Gasteiger partial charge < -0.3 is 9.64 Å². The van der Waals surface area contributed by atoms with Crippen LogP contribution in [0.15, 0.2) is 73.0 Å². The summed E-state index contributed by atoms with van der Waals surface area (Å²) in [5.41, 5.74) is 2.26. The Balaban J connectivity index is 1.61. The highest BCUT2D eigenvalue weighted by Crippen LogP contribution is 2.37. The van der Waals surface area contributed by atoms with Crippen molar-refractivity contribution in [1.82, 2.24) is 0 Å². The van der Waals surface area contributed by atoms with E-state index in [-0.39, 0.29) is 6.04 Å². The summed E-state index contributed by atoms with van der Waals surface area (Å²) >= 11 is 0. The third-order valence-electron chi connectivity index (χ3n) is 5.26. The van der Waals surface area contributed by atoms with E-state index < -0.39 is 0 Å². The SMILES string of the molecule is CN(c1ccccc1)[C@@H](C#N)[C@H]1CCC[C@@H]1/C=C\OCc1ccccc1. The molecule has 0 N–H and O–H groups in total. The molecule has 0 bridgehead atoms. The first-order valence-corrected chi connectivity index (χ1v) is 9.29. The van der Waals surface area contributed by atoms with Gasteiger partial charge in [-0.05, 0) is 48.4 Å². The summed E-state index contributed by atoms with van der Waals surface area (Å²) in [5.74, 6) is 0.725. The first-order valence-electron chi connectivity index (χ1n) is 9.29. The van der Waals surface area contributed by atoms with Gasteiger partial charge in [-0.2, -0.15) is 5.26 Å². The molecule has 2 aromatic carbocycles. The second-order valence-electron chi connectivity index (χ2n) is 6.90. The van der Waals surface area contributed by atoms with Crippen molar-refractivity contribution in [3.8, 4) is 6.07 Å². The maximum atomic E-state index is 9.81. The molecule has 3 nitrogen and oxygen atoms in total. The van der Waals surface area contributed by atoms with Crippen LogP contribution in [-0.4, -0.2) is 13.1 Å². The standard InChI is InChI=1S/C23H26N2O/c1-25(21-12-6-3-7-13-21)23(17-24)22-14-8-11-20(22)15-16-26-18-19-9-4-2-5-10-19/h2-7,9-10,12-13,15-16,20,22-23H,8,11,14,18H2,1H3/b16-15-/t20-,22+,23+/m1/s1. The molecule has 2 aromatic rings. The smallest absolute Gasteiger partial charge is 0.120 e. The minimum atomic E-state index is -0.122. The summed E-state index contributed by atoms with van der Waals surface area (Å²) in [7, 11) is 2.02. The summed E-state index contributed by atoms with van der Waals surface area (Å²) in [4.78, 5) is 2.11. The minimum Gasteiger partial charge on any atom is -0.497 e. The van der Waals surface area contributed by atoms with Crippen molar-refractivity contribution in [2.75, 3.05) is 11.9 Å². The van der Waals surface area contributed by atoms with E-state index in [4.69, 9.17) is 4.74 Å². The number of ether oxygens (including phenoxy) is 1. The van der Waals surface area contributed by atoms with Crippen molar-refractivity contribution in [1.29, 1.82) is 5.26 Å². The lowest BCUT2D eigenvalue weighted by Gasteiger charge is -2.31. The molecule has 0 spiro atoms. The Morgan fingerprint density at radius 2 is 1.81 bits per heavy atom. The number of rotatable bonds is 7. The van der Waals surface area contributed by atoms with Crippen molar-refractivity contribution >= 4 is 5.69 Å². The molecule has 0 saturated heterocycles. The molecule has 3 rings (SSSR count). The first-order chi connectivity index (χ1) is 12.8. The molecule has 0 aliphatic heterocycles.